The van der Waals surface area contributed by atoms with Crippen molar-refractivity contribution in [3.63, 3.8) is 0 Å². The molecule has 0 spiro atoms. The number of para-hydroxylation sites is 2. The summed E-state index contributed by atoms with van der Waals surface area (Å²) in [6.45, 7) is 2.40. The number of rotatable bonds is 11. The highest BCUT2D eigenvalue weighted by Crippen LogP contribution is 2.39. The molecule has 0 atom stereocenters. The Bertz CT molecular complexity index is 2410. The third kappa shape index (κ3) is 11.6. The van der Waals surface area contributed by atoms with Gasteiger partial charge in [0.1, 0.15) is 40.3 Å². The predicted octanol–water partition coefficient (Wildman–Crippen LogP) is 9.28. The quantitative estimate of drug-likeness (QED) is 0.0981. The van der Waals surface area contributed by atoms with Crippen LogP contribution in [0.4, 0.5) is 37.7 Å². The number of hydrogen-bond donors (Lipinski definition) is 1. The Morgan fingerprint density at radius 3 is 1.60 bits per heavy atom. The molecule has 2 aromatic heterocycles. The van der Waals surface area contributed by atoms with E-state index < -0.39 is 23.5 Å². The Labute approximate surface area is 362 Å². The molecule has 12 nitrogen and oxygen atoms in total. The van der Waals surface area contributed by atoms with E-state index in [4.69, 9.17) is 19.0 Å². The molecule has 2 fully saturated rings. The van der Waals surface area contributed by atoms with Crippen molar-refractivity contribution in [3.05, 3.63) is 119 Å². The molecule has 0 radical (unpaired) electrons. The molecule has 2 aliphatic rings. The lowest BCUT2D eigenvalue weighted by atomic mass is 10.1. The van der Waals surface area contributed by atoms with Crippen LogP contribution >= 0.6 is 11.3 Å². The molecule has 6 aromatic rings. The first-order valence-corrected chi connectivity index (χ1v) is 20.8. The summed E-state index contributed by atoms with van der Waals surface area (Å²) in [7, 11) is 1.33. The maximum Gasteiger partial charge on any atom is 0.419 e. The number of ether oxygens (including phenoxy) is 3. The van der Waals surface area contributed by atoms with Gasteiger partial charge >= 0.3 is 18.3 Å². The van der Waals surface area contributed by atoms with Crippen molar-refractivity contribution in [2.24, 2.45) is 0 Å². The number of benzene rings is 4. The number of nitrogens with zero attached hydrogens (tertiary/aromatic N) is 6. The van der Waals surface area contributed by atoms with Crippen molar-refractivity contribution in [3.8, 4) is 33.5 Å². The molecular weight excluding hydrogens is 855 g/mol. The van der Waals surface area contributed by atoms with Gasteiger partial charge in [-0.1, -0.05) is 35.6 Å². The molecule has 0 aliphatic carbocycles. The fraction of sp³-hybridized carbons (Fsp3) is 0.341. The third-order valence-electron chi connectivity index (χ3n) is 10.4. The molecule has 0 bridgehead atoms. The van der Waals surface area contributed by atoms with Gasteiger partial charge in [-0.25, -0.2) is 0 Å². The van der Waals surface area contributed by atoms with Gasteiger partial charge in [-0.05, 0) is 72.8 Å². The first kappa shape index (κ1) is 44.8. The van der Waals surface area contributed by atoms with E-state index in [0.717, 1.165) is 39.6 Å². The molecule has 0 amide bonds. The highest BCUT2D eigenvalue weighted by atomic mass is 32.1. The Balaban J connectivity index is 0.000000190. The summed E-state index contributed by atoms with van der Waals surface area (Å²) in [5.74, 6) is -0.0994. The molecule has 2 saturated heterocycles. The van der Waals surface area contributed by atoms with E-state index in [-0.39, 0.29) is 48.6 Å². The van der Waals surface area contributed by atoms with Crippen LogP contribution in [0.2, 0.25) is 0 Å². The van der Waals surface area contributed by atoms with Crippen molar-refractivity contribution in [1.82, 2.24) is 20.4 Å². The normalized spacial score (nSPS) is 15.1. The number of aromatic nitrogens is 4. The van der Waals surface area contributed by atoms with Crippen molar-refractivity contribution in [1.29, 1.82) is 0 Å². The smallest absolute Gasteiger partial charge is 0.419 e. The first-order chi connectivity index (χ1) is 30.3. The van der Waals surface area contributed by atoms with Crippen LogP contribution < -0.4 is 19.3 Å². The molecule has 0 unspecified atom stereocenters. The molecule has 63 heavy (non-hydrogen) atoms. The van der Waals surface area contributed by atoms with Gasteiger partial charge in [-0.15, -0.1) is 20.4 Å². The SMILES string of the molecule is COC(=O)Cc1nnc(-c2ccc(N3CCC(Oc4ccccc4C(F)(F)F)CC3)cc2)s1.OCc1nnc(-c2ccc(N3CCC(Oc4ccccc4C(F)(F)F)CC3)cc2)o1. The third-order valence-corrected chi connectivity index (χ3v) is 11.4. The van der Waals surface area contributed by atoms with Crippen molar-refractivity contribution < 1.29 is 54.9 Å². The number of aliphatic hydroxyl groups is 1. The van der Waals surface area contributed by atoms with E-state index >= 15 is 0 Å². The van der Waals surface area contributed by atoms with Crippen LogP contribution in [0.15, 0.2) is 101 Å². The standard InChI is InChI=1S/C23H22F3N3O3S.C21H20F3N3O3/c1-31-21(30)14-20-27-28-22(33-20)15-6-8-16(9-7-15)29-12-10-17(11-13-29)32-19-5-3-2-4-18(19)23(24,25)26;22-21(23,24)17-3-1-2-4-18(17)29-16-9-11-27(12-10-16)15-7-5-14(6-8-15)20-26-25-19(13-28)30-20/h2-9,17H,10-14H2,1H3;1-8,16,28H,9-13H2. The number of hydrogen-bond acceptors (Lipinski definition) is 13. The largest absolute Gasteiger partial charge is 0.490 e. The lowest BCUT2D eigenvalue weighted by Gasteiger charge is -2.34. The molecule has 8 rings (SSSR count). The molecule has 4 heterocycles. The molecule has 2 aliphatic heterocycles. The van der Waals surface area contributed by atoms with Crippen molar-refractivity contribution in [2.75, 3.05) is 43.1 Å². The Morgan fingerprint density at radius 2 is 1.16 bits per heavy atom. The van der Waals surface area contributed by atoms with E-state index in [1.54, 1.807) is 12.1 Å². The van der Waals surface area contributed by atoms with Crippen LogP contribution in [0.5, 0.6) is 11.5 Å². The van der Waals surface area contributed by atoms with Gasteiger partial charge in [0.25, 0.3) is 0 Å². The number of halogens is 6. The summed E-state index contributed by atoms with van der Waals surface area (Å²) in [5.41, 5.74) is 2.17. The van der Waals surface area contributed by atoms with E-state index in [2.05, 4.69) is 34.9 Å². The lowest BCUT2D eigenvalue weighted by molar-refractivity contribution is -0.140. The van der Waals surface area contributed by atoms with Crippen molar-refractivity contribution in [2.45, 2.75) is 63.3 Å². The van der Waals surface area contributed by atoms with Crippen LogP contribution in [-0.2, 0) is 34.9 Å². The topological polar surface area (TPSA) is 136 Å². The summed E-state index contributed by atoms with van der Waals surface area (Å²) in [6.07, 6.45) is -6.81. The molecule has 332 valence electrons. The number of methoxy groups -OCH3 is 1. The maximum absolute atomic E-state index is 13.2. The van der Waals surface area contributed by atoms with Gasteiger partial charge in [0.05, 0.1) is 24.7 Å². The summed E-state index contributed by atoms with van der Waals surface area (Å²) < 4.78 is 100. The Kier molecular flexibility index (Phi) is 14.1. The fourth-order valence-corrected chi connectivity index (χ4v) is 7.96. The summed E-state index contributed by atoms with van der Waals surface area (Å²) in [6, 6.07) is 26.1. The van der Waals surface area contributed by atoms with E-state index in [1.807, 2.05) is 48.5 Å². The zero-order valence-electron chi connectivity index (χ0n) is 33.8. The molecule has 0 saturated carbocycles. The second kappa shape index (κ2) is 19.9. The second-order valence-electron chi connectivity index (χ2n) is 14.6. The minimum atomic E-state index is -4.44. The molecule has 1 N–H and O–H groups in total. The van der Waals surface area contributed by atoms with Crippen LogP contribution in [-0.4, -0.2) is 77.0 Å². The molecule has 19 heteroatoms. The number of anilines is 2. The minimum absolute atomic E-state index is 0.0940. The Morgan fingerprint density at radius 1 is 0.683 bits per heavy atom. The van der Waals surface area contributed by atoms with Crippen LogP contribution in [0.25, 0.3) is 22.0 Å². The number of piperidine rings is 2. The number of alkyl halides is 6. The van der Waals surface area contributed by atoms with Gasteiger partial charge in [-0.3, -0.25) is 4.79 Å². The highest BCUT2D eigenvalue weighted by Gasteiger charge is 2.36. The average Bonchev–Trinajstić information content (AvgIpc) is 3.98. The van der Waals surface area contributed by atoms with Gasteiger partial charge in [0, 0.05) is 74.4 Å². The van der Waals surface area contributed by atoms with E-state index in [1.165, 1.54) is 42.7 Å². The Hall–Kier alpha value is -6.21. The predicted molar refractivity (Wildman–Crippen MR) is 221 cm³/mol. The van der Waals surface area contributed by atoms with Crippen LogP contribution in [0.3, 0.4) is 0 Å². The first-order valence-electron chi connectivity index (χ1n) is 20.0. The van der Waals surface area contributed by atoms with Gasteiger partial charge in [0.2, 0.25) is 11.8 Å². The van der Waals surface area contributed by atoms with Crippen LogP contribution in [0.1, 0.15) is 47.7 Å². The molecule has 4 aromatic carbocycles. The summed E-state index contributed by atoms with van der Waals surface area (Å²) in [5, 5.41) is 26.1. The van der Waals surface area contributed by atoms with E-state index in [0.29, 0.717) is 62.8 Å². The second-order valence-corrected chi connectivity index (χ2v) is 15.7. The zero-order chi connectivity index (χ0) is 44.6. The van der Waals surface area contributed by atoms with Crippen molar-refractivity contribution >= 4 is 28.7 Å². The fourth-order valence-electron chi connectivity index (χ4n) is 7.13. The van der Waals surface area contributed by atoms with Gasteiger partial charge in [-0.2, -0.15) is 26.3 Å². The minimum Gasteiger partial charge on any atom is -0.490 e. The average molecular weight is 897 g/mol. The lowest BCUT2D eigenvalue weighted by Crippen LogP contribution is -2.38. The number of carbonyl (C=O) groups excluding carboxylic acids is 1. The highest BCUT2D eigenvalue weighted by molar-refractivity contribution is 7.14. The van der Waals surface area contributed by atoms with E-state index in [9.17, 15) is 31.1 Å². The summed E-state index contributed by atoms with van der Waals surface area (Å²) in [4.78, 5) is 15.7. The number of carbonyl (C=O) groups is 1. The van der Waals surface area contributed by atoms with Gasteiger partial charge in [0.15, 0.2) is 0 Å². The zero-order valence-corrected chi connectivity index (χ0v) is 34.6. The van der Waals surface area contributed by atoms with Gasteiger partial charge < -0.3 is 33.5 Å². The van der Waals surface area contributed by atoms with Crippen LogP contribution in [0, 0.1) is 0 Å². The summed E-state index contributed by atoms with van der Waals surface area (Å²) >= 11 is 1.34. The number of esters is 1. The number of aliphatic hydroxyl groups excluding tert-OH is 1. The monoisotopic (exact) mass is 896 g/mol. The maximum atomic E-state index is 13.2. The molecular formula is C44H42F6N6O6S.